The summed E-state index contributed by atoms with van der Waals surface area (Å²) < 4.78 is 0. The molecule has 2 atom stereocenters. The van der Waals surface area contributed by atoms with Gasteiger partial charge in [0.1, 0.15) is 0 Å². The van der Waals surface area contributed by atoms with E-state index in [-0.39, 0.29) is 0 Å². The van der Waals surface area contributed by atoms with Gasteiger partial charge in [-0.2, -0.15) is 11.8 Å². The second kappa shape index (κ2) is 5.85. The largest absolute Gasteiger partial charge is 0.310 e. The van der Waals surface area contributed by atoms with E-state index >= 15 is 0 Å². The summed E-state index contributed by atoms with van der Waals surface area (Å²) in [5, 5.41) is 4.57. The maximum atomic E-state index is 6.49. The lowest BCUT2D eigenvalue weighted by Gasteiger charge is -2.24. The molecule has 0 aliphatic carbocycles. The predicted molar refractivity (Wildman–Crippen MR) is 80.7 cm³/mol. The molecule has 0 spiro atoms. The molecule has 2 fully saturated rings. The summed E-state index contributed by atoms with van der Waals surface area (Å²) in [6, 6.07) is 7.27. The van der Waals surface area contributed by atoms with Crippen molar-refractivity contribution in [3.8, 4) is 0 Å². The van der Waals surface area contributed by atoms with Crippen LogP contribution in [0.2, 0.25) is 5.02 Å². The van der Waals surface area contributed by atoms with Crippen LogP contribution in [0.3, 0.4) is 0 Å². The molecule has 1 aromatic rings. The highest BCUT2D eigenvalue weighted by Crippen LogP contribution is 2.37. The van der Waals surface area contributed by atoms with Crippen LogP contribution in [-0.2, 0) is 0 Å². The van der Waals surface area contributed by atoms with Crippen LogP contribution in [0, 0.1) is 0 Å². The van der Waals surface area contributed by atoms with E-state index in [0.29, 0.717) is 12.0 Å². The van der Waals surface area contributed by atoms with Gasteiger partial charge >= 0.3 is 0 Å². The number of hydrogen-bond donors (Lipinski definition) is 1. The molecule has 18 heavy (non-hydrogen) atoms. The van der Waals surface area contributed by atoms with Crippen LogP contribution in [-0.4, -0.2) is 18.1 Å². The fourth-order valence-electron chi connectivity index (χ4n) is 3.01. The van der Waals surface area contributed by atoms with E-state index in [1.165, 1.54) is 48.3 Å². The third-order valence-corrected chi connectivity index (χ3v) is 5.60. The van der Waals surface area contributed by atoms with Gasteiger partial charge in [0.25, 0.3) is 0 Å². The van der Waals surface area contributed by atoms with Gasteiger partial charge in [0.2, 0.25) is 0 Å². The molecule has 1 aromatic carbocycles. The number of piperidine rings is 1. The fourth-order valence-corrected chi connectivity index (χ4v) is 4.60. The first-order valence-corrected chi connectivity index (χ1v) is 8.48. The van der Waals surface area contributed by atoms with Gasteiger partial charge in [-0.05, 0) is 54.7 Å². The third kappa shape index (κ3) is 2.71. The molecule has 0 saturated carbocycles. The Hall–Kier alpha value is -0.180. The Labute approximate surface area is 119 Å². The van der Waals surface area contributed by atoms with Crippen molar-refractivity contribution in [2.75, 3.05) is 18.1 Å². The van der Waals surface area contributed by atoms with Crippen molar-refractivity contribution < 1.29 is 0 Å². The van der Waals surface area contributed by atoms with Crippen LogP contribution in [0.1, 0.15) is 48.8 Å². The summed E-state index contributed by atoms with van der Waals surface area (Å²) in [6.07, 6.45) is 5.16. The van der Waals surface area contributed by atoms with Crippen LogP contribution >= 0.6 is 23.4 Å². The average molecular weight is 282 g/mol. The standard InChI is InChI=1S/C15H20ClNS/c16-14-9-11(15-3-1-2-7-17-15)4-5-13(14)12-6-8-18-10-12/h4-5,9,12,15,17H,1-3,6-8,10H2. The zero-order valence-corrected chi connectivity index (χ0v) is 12.2. The van der Waals surface area contributed by atoms with E-state index in [9.17, 15) is 0 Å². The Morgan fingerprint density at radius 3 is 2.83 bits per heavy atom. The quantitative estimate of drug-likeness (QED) is 0.864. The van der Waals surface area contributed by atoms with Crippen molar-refractivity contribution >= 4 is 23.4 Å². The van der Waals surface area contributed by atoms with Crippen LogP contribution in [0.15, 0.2) is 18.2 Å². The van der Waals surface area contributed by atoms with Crippen molar-refractivity contribution in [2.24, 2.45) is 0 Å². The first kappa shape index (κ1) is 12.8. The third-order valence-electron chi connectivity index (χ3n) is 4.11. The smallest absolute Gasteiger partial charge is 0.0444 e. The number of halogens is 1. The average Bonchev–Trinajstić information content (AvgIpc) is 2.93. The summed E-state index contributed by atoms with van der Waals surface area (Å²) in [5.41, 5.74) is 2.73. The van der Waals surface area contributed by atoms with Crippen LogP contribution in [0.4, 0.5) is 0 Å². The molecule has 2 heterocycles. The second-order valence-electron chi connectivity index (χ2n) is 5.34. The summed E-state index contributed by atoms with van der Waals surface area (Å²) in [7, 11) is 0. The first-order valence-electron chi connectivity index (χ1n) is 6.95. The highest BCUT2D eigenvalue weighted by Gasteiger charge is 2.21. The van der Waals surface area contributed by atoms with Crippen LogP contribution < -0.4 is 5.32 Å². The van der Waals surface area contributed by atoms with Gasteiger partial charge in [0.15, 0.2) is 0 Å². The molecular formula is C15H20ClNS. The minimum atomic E-state index is 0.517. The zero-order chi connectivity index (χ0) is 12.4. The lowest BCUT2D eigenvalue weighted by molar-refractivity contribution is 0.412. The normalized spacial score (nSPS) is 28.5. The summed E-state index contributed by atoms with van der Waals surface area (Å²) >= 11 is 8.54. The topological polar surface area (TPSA) is 12.0 Å². The van der Waals surface area contributed by atoms with E-state index in [2.05, 4.69) is 23.5 Å². The number of hydrogen-bond acceptors (Lipinski definition) is 2. The number of thioether (sulfide) groups is 1. The van der Waals surface area contributed by atoms with Gasteiger partial charge in [-0.15, -0.1) is 0 Å². The van der Waals surface area contributed by atoms with Gasteiger partial charge in [0, 0.05) is 16.8 Å². The Morgan fingerprint density at radius 1 is 1.22 bits per heavy atom. The molecule has 3 rings (SSSR count). The number of benzene rings is 1. The van der Waals surface area contributed by atoms with Gasteiger partial charge < -0.3 is 5.32 Å². The van der Waals surface area contributed by atoms with Gasteiger partial charge in [-0.25, -0.2) is 0 Å². The molecule has 0 radical (unpaired) electrons. The Bertz CT molecular complexity index is 409. The van der Waals surface area contributed by atoms with Crippen molar-refractivity contribution in [3.63, 3.8) is 0 Å². The lowest BCUT2D eigenvalue weighted by Crippen LogP contribution is -2.26. The molecule has 1 N–H and O–H groups in total. The van der Waals surface area contributed by atoms with Crippen molar-refractivity contribution in [1.29, 1.82) is 0 Å². The Morgan fingerprint density at radius 2 is 2.17 bits per heavy atom. The van der Waals surface area contributed by atoms with E-state index in [0.717, 1.165) is 11.6 Å². The Kier molecular flexibility index (Phi) is 4.17. The predicted octanol–water partition coefficient (Wildman–Crippen LogP) is 4.38. The molecule has 3 heteroatoms. The van der Waals surface area contributed by atoms with Gasteiger partial charge in [-0.3, -0.25) is 0 Å². The fraction of sp³-hybridized carbons (Fsp3) is 0.600. The Balaban J connectivity index is 1.79. The van der Waals surface area contributed by atoms with Crippen molar-refractivity contribution in [1.82, 2.24) is 5.32 Å². The number of nitrogens with one attached hydrogen (secondary N) is 1. The molecule has 2 saturated heterocycles. The molecule has 2 aliphatic rings. The maximum Gasteiger partial charge on any atom is 0.0444 e. The van der Waals surface area contributed by atoms with E-state index in [4.69, 9.17) is 11.6 Å². The van der Waals surface area contributed by atoms with Crippen LogP contribution in [0.5, 0.6) is 0 Å². The summed E-state index contributed by atoms with van der Waals surface area (Å²) in [6.45, 7) is 1.14. The SMILES string of the molecule is Clc1cc(C2CCCCN2)ccc1C1CCSC1. The maximum absolute atomic E-state index is 6.49. The molecular weight excluding hydrogens is 262 g/mol. The van der Waals surface area contributed by atoms with Crippen molar-refractivity contribution in [2.45, 2.75) is 37.6 Å². The second-order valence-corrected chi connectivity index (χ2v) is 6.90. The minimum Gasteiger partial charge on any atom is -0.310 e. The monoisotopic (exact) mass is 281 g/mol. The van der Waals surface area contributed by atoms with E-state index < -0.39 is 0 Å². The van der Waals surface area contributed by atoms with Gasteiger partial charge in [0.05, 0.1) is 0 Å². The molecule has 98 valence electrons. The molecule has 1 nitrogen and oxygen atoms in total. The zero-order valence-electron chi connectivity index (χ0n) is 10.6. The van der Waals surface area contributed by atoms with E-state index in [1.54, 1.807) is 0 Å². The van der Waals surface area contributed by atoms with Gasteiger partial charge in [-0.1, -0.05) is 30.2 Å². The highest BCUT2D eigenvalue weighted by atomic mass is 35.5. The van der Waals surface area contributed by atoms with Crippen LogP contribution in [0.25, 0.3) is 0 Å². The minimum absolute atomic E-state index is 0.517. The lowest BCUT2D eigenvalue weighted by atomic mass is 9.93. The highest BCUT2D eigenvalue weighted by molar-refractivity contribution is 7.99. The molecule has 0 amide bonds. The first-order chi connectivity index (χ1) is 8.84. The summed E-state index contributed by atoms with van der Waals surface area (Å²) in [4.78, 5) is 0. The van der Waals surface area contributed by atoms with Crippen molar-refractivity contribution in [3.05, 3.63) is 34.3 Å². The molecule has 0 bridgehead atoms. The van der Waals surface area contributed by atoms with E-state index in [1.807, 2.05) is 11.8 Å². The molecule has 2 aliphatic heterocycles. The molecule has 2 unspecified atom stereocenters. The molecule has 0 aromatic heterocycles. The number of rotatable bonds is 2. The summed E-state index contributed by atoms with van der Waals surface area (Å²) in [5.74, 6) is 3.20.